The number of hydrogen-bond donors (Lipinski definition) is 4. The lowest BCUT2D eigenvalue weighted by Crippen LogP contribution is -2.55. The third kappa shape index (κ3) is 4.49. The normalized spacial score (nSPS) is 28.0. The Kier molecular flexibility index (Phi) is 6.64. The summed E-state index contributed by atoms with van der Waals surface area (Å²) in [4.78, 5) is 2.18. The second kappa shape index (κ2) is 9.42. The molecule has 0 aliphatic carbocycles. The van der Waals surface area contributed by atoms with Crippen LogP contribution in [0.15, 0.2) is 42.5 Å². The number of aliphatic hydroxyl groups is 4. The Bertz CT molecular complexity index is 873. The molecule has 0 radical (unpaired) electrons. The first-order chi connectivity index (χ1) is 15.0. The summed E-state index contributed by atoms with van der Waals surface area (Å²) in [5.41, 5.74) is 2.61. The average molecular weight is 431 g/mol. The van der Waals surface area contributed by atoms with Crippen LogP contribution in [-0.2, 0) is 11.3 Å². The first-order valence-electron chi connectivity index (χ1n) is 10.6. The summed E-state index contributed by atoms with van der Waals surface area (Å²) in [5.74, 6) is 1.56. The van der Waals surface area contributed by atoms with Crippen LogP contribution < -0.4 is 14.4 Å². The molecule has 4 N–H and O–H groups in total. The number of benzene rings is 2. The highest BCUT2D eigenvalue weighted by atomic mass is 16.5. The topological polar surface area (TPSA) is 112 Å². The minimum Gasteiger partial charge on any atom is -0.494 e. The molecule has 168 valence electrons. The van der Waals surface area contributed by atoms with Crippen LogP contribution >= 0.6 is 0 Å². The van der Waals surface area contributed by atoms with Crippen LogP contribution in [-0.4, -0.2) is 71.2 Å². The summed E-state index contributed by atoms with van der Waals surface area (Å²) in [6.45, 7) is 4.03. The molecular formula is C23H29NO7. The molecule has 8 heteroatoms. The molecule has 0 bridgehead atoms. The van der Waals surface area contributed by atoms with Gasteiger partial charge in [-0.2, -0.15) is 0 Å². The second-order valence-electron chi connectivity index (χ2n) is 7.82. The second-order valence-corrected chi connectivity index (χ2v) is 7.82. The summed E-state index contributed by atoms with van der Waals surface area (Å²) in [7, 11) is 0. The molecule has 31 heavy (non-hydrogen) atoms. The predicted octanol–water partition coefficient (Wildman–Crippen LogP) is 0.999. The van der Waals surface area contributed by atoms with E-state index in [1.54, 1.807) is 6.07 Å². The molecular weight excluding hydrogens is 402 g/mol. The van der Waals surface area contributed by atoms with Gasteiger partial charge in [0.15, 0.2) is 0 Å². The highest BCUT2D eigenvalue weighted by Gasteiger charge is 2.44. The molecule has 0 unspecified atom stereocenters. The van der Waals surface area contributed by atoms with Crippen LogP contribution in [0.1, 0.15) is 24.2 Å². The molecule has 8 nitrogen and oxygen atoms in total. The Labute approximate surface area is 181 Å². The van der Waals surface area contributed by atoms with Gasteiger partial charge in [0, 0.05) is 6.54 Å². The van der Waals surface area contributed by atoms with Crippen molar-refractivity contribution in [1.29, 1.82) is 0 Å². The van der Waals surface area contributed by atoms with Crippen molar-refractivity contribution < 1.29 is 34.6 Å². The third-order valence-corrected chi connectivity index (χ3v) is 5.77. The maximum absolute atomic E-state index is 10.5. The van der Waals surface area contributed by atoms with Crippen LogP contribution in [0.4, 0.5) is 5.69 Å². The van der Waals surface area contributed by atoms with E-state index in [4.69, 9.17) is 14.2 Å². The van der Waals surface area contributed by atoms with E-state index in [9.17, 15) is 20.4 Å². The summed E-state index contributed by atoms with van der Waals surface area (Å²) in [5, 5.41) is 40.1. The zero-order chi connectivity index (χ0) is 22.0. The monoisotopic (exact) mass is 431 g/mol. The lowest BCUT2D eigenvalue weighted by Gasteiger charge is -2.40. The van der Waals surface area contributed by atoms with Gasteiger partial charge in [-0.05, 0) is 42.3 Å². The van der Waals surface area contributed by atoms with E-state index < -0.39 is 37.1 Å². The highest BCUT2D eigenvalue weighted by molar-refractivity contribution is 5.62. The van der Waals surface area contributed by atoms with Gasteiger partial charge in [0.1, 0.15) is 48.6 Å². The number of aliphatic hydroxyl groups excluding tert-OH is 4. The van der Waals surface area contributed by atoms with Crippen molar-refractivity contribution in [3.8, 4) is 11.5 Å². The number of fused-ring (bicyclic) bond motifs is 1. The van der Waals surface area contributed by atoms with Crippen molar-refractivity contribution in [1.82, 2.24) is 0 Å². The highest BCUT2D eigenvalue weighted by Crippen LogP contribution is 2.39. The smallest absolute Gasteiger partial charge is 0.142 e. The zero-order valence-corrected chi connectivity index (χ0v) is 17.4. The van der Waals surface area contributed by atoms with Gasteiger partial charge < -0.3 is 39.5 Å². The molecule has 2 aliphatic rings. The number of anilines is 1. The van der Waals surface area contributed by atoms with Crippen LogP contribution in [0.5, 0.6) is 11.5 Å². The van der Waals surface area contributed by atoms with Gasteiger partial charge >= 0.3 is 0 Å². The molecule has 1 fully saturated rings. The fourth-order valence-electron chi connectivity index (χ4n) is 4.09. The van der Waals surface area contributed by atoms with Gasteiger partial charge in [-0.15, -0.1) is 0 Å². The standard InChI is InChI=1S/C23H29NO7/c1-2-29-16-6-3-14(4-7-16)12-24-9-10-30-18-8-5-15(11-17(18)24)23-22(28)21(27)20(26)19(13-25)31-23/h3-8,11,19-23,25-28H,2,9-10,12-13H2,1H3/t19-,20-,21+,22-,23+/m1/s1. The van der Waals surface area contributed by atoms with Gasteiger partial charge in [0.2, 0.25) is 0 Å². The lowest BCUT2D eigenvalue weighted by atomic mass is 9.91. The Morgan fingerprint density at radius 1 is 1.03 bits per heavy atom. The summed E-state index contributed by atoms with van der Waals surface area (Å²) >= 11 is 0. The Hall–Kier alpha value is -2.36. The first kappa shape index (κ1) is 21.9. The fourth-order valence-corrected chi connectivity index (χ4v) is 4.09. The quantitative estimate of drug-likeness (QED) is 0.536. The van der Waals surface area contributed by atoms with Crippen molar-refractivity contribution in [2.24, 2.45) is 0 Å². The van der Waals surface area contributed by atoms with Crippen LogP contribution in [0.2, 0.25) is 0 Å². The maximum atomic E-state index is 10.5. The van der Waals surface area contributed by atoms with Gasteiger partial charge in [-0.1, -0.05) is 18.2 Å². The molecule has 2 heterocycles. The molecule has 0 amide bonds. The molecule has 0 saturated carbocycles. The largest absolute Gasteiger partial charge is 0.494 e. The molecule has 0 aromatic heterocycles. The van der Waals surface area contributed by atoms with E-state index >= 15 is 0 Å². The van der Waals surface area contributed by atoms with E-state index in [2.05, 4.69) is 4.90 Å². The van der Waals surface area contributed by atoms with E-state index in [1.165, 1.54) is 0 Å². The summed E-state index contributed by atoms with van der Waals surface area (Å²) in [6.07, 6.45) is -5.94. The number of ether oxygens (including phenoxy) is 3. The number of hydrogen-bond acceptors (Lipinski definition) is 8. The fraction of sp³-hybridized carbons (Fsp3) is 0.478. The SMILES string of the molecule is CCOc1ccc(CN2CCOc3ccc([C@@H]4O[C@H](CO)[C@@H](O)[C@H](O)[C@H]4O)cc32)cc1. The minimum atomic E-state index is -1.41. The maximum Gasteiger partial charge on any atom is 0.142 e. The first-order valence-corrected chi connectivity index (χ1v) is 10.6. The average Bonchev–Trinajstić information content (AvgIpc) is 2.79. The Morgan fingerprint density at radius 2 is 1.81 bits per heavy atom. The predicted molar refractivity (Wildman–Crippen MR) is 113 cm³/mol. The third-order valence-electron chi connectivity index (χ3n) is 5.77. The van der Waals surface area contributed by atoms with E-state index in [1.807, 2.05) is 43.3 Å². The van der Waals surface area contributed by atoms with E-state index in [0.29, 0.717) is 31.9 Å². The zero-order valence-electron chi connectivity index (χ0n) is 17.4. The van der Waals surface area contributed by atoms with Crippen LogP contribution in [0.3, 0.4) is 0 Å². The molecule has 2 aromatic rings. The van der Waals surface area contributed by atoms with Gasteiger partial charge in [-0.3, -0.25) is 0 Å². The summed E-state index contributed by atoms with van der Waals surface area (Å²) < 4.78 is 17.0. The van der Waals surface area contributed by atoms with Crippen molar-refractivity contribution in [3.05, 3.63) is 53.6 Å². The van der Waals surface area contributed by atoms with Crippen molar-refractivity contribution in [3.63, 3.8) is 0 Å². The van der Waals surface area contributed by atoms with Gasteiger partial charge in [-0.25, -0.2) is 0 Å². The van der Waals surface area contributed by atoms with Crippen molar-refractivity contribution in [2.75, 3.05) is 31.3 Å². The van der Waals surface area contributed by atoms with Crippen molar-refractivity contribution in [2.45, 2.75) is 44.0 Å². The lowest BCUT2D eigenvalue weighted by molar-refractivity contribution is -0.231. The Balaban J connectivity index is 1.57. The molecule has 1 saturated heterocycles. The number of rotatable bonds is 6. The van der Waals surface area contributed by atoms with E-state index in [-0.39, 0.29) is 0 Å². The molecule has 5 atom stereocenters. The van der Waals surface area contributed by atoms with Gasteiger partial charge in [0.05, 0.1) is 25.4 Å². The number of nitrogens with zero attached hydrogens (tertiary/aromatic N) is 1. The van der Waals surface area contributed by atoms with Crippen molar-refractivity contribution >= 4 is 5.69 Å². The molecule has 4 rings (SSSR count). The summed E-state index contributed by atoms with van der Waals surface area (Å²) in [6, 6.07) is 13.4. The van der Waals surface area contributed by atoms with Crippen LogP contribution in [0.25, 0.3) is 0 Å². The Morgan fingerprint density at radius 3 is 2.52 bits per heavy atom. The minimum absolute atomic E-state index is 0.459. The van der Waals surface area contributed by atoms with E-state index in [0.717, 1.165) is 22.7 Å². The van der Waals surface area contributed by atoms with Crippen LogP contribution in [0, 0.1) is 0 Å². The van der Waals surface area contributed by atoms with Gasteiger partial charge in [0.25, 0.3) is 0 Å². The molecule has 2 aliphatic heterocycles. The molecule has 0 spiro atoms. The molecule has 2 aromatic carbocycles.